The highest BCUT2D eigenvalue weighted by molar-refractivity contribution is 5.83. The number of hydrogen-bond acceptors (Lipinski definition) is 3. The monoisotopic (exact) mass is 403 g/mol. The summed E-state index contributed by atoms with van der Waals surface area (Å²) >= 11 is 0. The third kappa shape index (κ3) is 4.24. The van der Waals surface area contributed by atoms with Crippen molar-refractivity contribution >= 4 is 11.6 Å². The number of benzene rings is 2. The molecule has 1 unspecified atom stereocenters. The molecule has 2 aromatic carbocycles. The van der Waals surface area contributed by atoms with Gasteiger partial charge in [-0.15, -0.1) is 0 Å². The molecule has 29 heavy (non-hydrogen) atoms. The highest BCUT2D eigenvalue weighted by Gasteiger charge is 2.43. The first kappa shape index (κ1) is 19.8. The zero-order valence-electron chi connectivity index (χ0n) is 16.1. The fraction of sp³-hybridized carbons (Fsp3) is 0.409. The molecule has 4 rings (SSSR count). The SMILES string of the molecule is O=C(C(c1ccccc1)N1CCN(c2ccccc2F)CC1)N1CCC(F)(F)C1. The zero-order chi connectivity index (χ0) is 20.4. The summed E-state index contributed by atoms with van der Waals surface area (Å²) in [4.78, 5) is 18.5. The molecule has 2 aromatic rings. The molecule has 1 amide bonds. The Morgan fingerprint density at radius 2 is 1.55 bits per heavy atom. The van der Waals surface area contributed by atoms with Gasteiger partial charge in [-0.25, -0.2) is 13.2 Å². The molecule has 2 aliphatic heterocycles. The molecule has 0 N–H and O–H groups in total. The van der Waals surface area contributed by atoms with Crippen LogP contribution in [-0.2, 0) is 4.79 Å². The van der Waals surface area contributed by atoms with E-state index in [4.69, 9.17) is 0 Å². The molecule has 0 aromatic heterocycles. The van der Waals surface area contributed by atoms with Crippen molar-refractivity contribution in [3.63, 3.8) is 0 Å². The van der Waals surface area contributed by atoms with E-state index in [0.29, 0.717) is 31.9 Å². The van der Waals surface area contributed by atoms with Crippen molar-refractivity contribution in [2.24, 2.45) is 0 Å². The zero-order valence-corrected chi connectivity index (χ0v) is 16.1. The lowest BCUT2D eigenvalue weighted by molar-refractivity contribution is -0.138. The molecule has 0 bridgehead atoms. The summed E-state index contributed by atoms with van der Waals surface area (Å²) in [6, 6.07) is 15.3. The van der Waals surface area contributed by atoms with Crippen molar-refractivity contribution in [1.29, 1.82) is 0 Å². The van der Waals surface area contributed by atoms with Crippen molar-refractivity contribution in [3.8, 4) is 0 Å². The lowest BCUT2D eigenvalue weighted by Crippen LogP contribution is -2.51. The van der Waals surface area contributed by atoms with Crippen molar-refractivity contribution in [2.75, 3.05) is 44.2 Å². The maximum Gasteiger partial charge on any atom is 0.267 e. The fourth-order valence-corrected chi connectivity index (χ4v) is 4.17. The Morgan fingerprint density at radius 3 is 2.17 bits per heavy atom. The summed E-state index contributed by atoms with van der Waals surface area (Å²) < 4.78 is 41.5. The average molecular weight is 403 g/mol. The van der Waals surface area contributed by atoms with Gasteiger partial charge < -0.3 is 9.80 Å². The molecule has 2 heterocycles. The van der Waals surface area contributed by atoms with Crippen LogP contribution in [0.25, 0.3) is 0 Å². The molecule has 7 heteroatoms. The molecule has 154 valence electrons. The number of anilines is 1. The first-order valence-electron chi connectivity index (χ1n) is 9.90. The maximum atomic E-state index is 14.1. The molecule has 0 radical (unpaired) electrons. The van der Waals surface area contributed by atoms with Gasteiger partial charge in [0, 0.05) is 39.1 Å². The summed E-state index contributed by atoms with van der Waals surface area (Å²) in [6.07, 6.45) is -0.290. The predicted molar refractivity (Wildman–Crippen MR) is 106 cm³/mol. The van der Waals surface area contributed by atoms with E-state index in [1.807, 2.05) is 40.1 Å². The first-order chi connectivity index (χ1) is 13.9. The van der Waals surface area contributed by atoms with Crippen molar-refractivity contribution < 1.29 is 18.0 Å². The van der Waals surface area contributed by atoms with Crippen LogP contribution < -0.4 is 4.90 Å². The smallest absolute Gasteiger partial charge is 0.267 e. The van der Waals surface area contributed by atoms with Crippen molar-refractivity contribution in [1.82, 2.24) is 9.80 Å². The second kappa shape index (κ2) is 8.06. The van der Waals surface area contributed by atoms with Crippen LogP contribution in [0.3, 0.4) is 0 Å². The number of piperazine rings is 1. The number of rotatable bonds is 4. The van der Waals surface area contributed by atoms with Gasteiger partial charge in [0.05, 0.1) is 12.2 Å². The number of hydrogen-bond donors (Lipinski definition) is 0. The van der Waals surface area contributed by atoms with Gasteiger partial charge in [0.1, 0.15) is 11.9 Å². The van der Waals surface area contributed by atoms with Gasteiger partial charge >= 0.3 is 0 Å². The van der Waals surface area contributed by atoms with E-state index in [1.54, 1.807) is 18.2 Å². The largest absolute Gasteiger partial charge is 0.367 e. The molecule has 0 saturated carbocycles. The predicted octanol–water partition coefficient (Wildman–Crippen LogP) is 3.56. The molecule has 4 nitrogen and oxygen atoms in total. The van der Waals surface area contributed by atoms with Gasteiger partial charge in [0.25, 0.3) is 5.92 Å². The number of likely N-dealkylation sites (tertiary alicyclic amines) is 1. The van der Waals surface area contributed by atoms with Gasteiger partial charge in [-0.3, -0.25) is 9.69 Å². The Kier molecular flexibility index (Phi) is 5.50. The standard InChI is InChI=1S/C22H24F3N3O/c23-18-8-4-5-9-19(18)26-12-14-27(15-13-26)20(17-6-2-1-3-7-17)21(29)28-11-10-22(24,25)16-28/h1-9,20H,10-16H2. The minimum absolute atomic E-state index is 0.0738. The van der Waals surface area contributed by atoms with Gasteiger partial charge in [0.15, 0.2) is 0 Å². The second-order valence-corrected chi connectivity index (χ2v) is 7.65. The summed E-state index contributed by atoms with van der Waals surface area (Å²) in [6.45, 7) is 1.77. The summed E-state index contributed by atoms with van der Waals surface area (Å²) in [5.74, 6) is -3.37. The van der Waals surface area contributed by atoms with Gasteiger partial charge in [0.2, 0.25) is 5.91 Å². The Balaban J connectivity index is 1.52. The number of amides is 1. The minimum atomic E-state index is -2.82. The van der Waals surface area contributed by atoms with Crippen molar-refractivity contribution in [2.45, 2.75) is 18.4 Å². The summed E-state index contributed by atoms with van der Waals surface area (Å²) in [5, 5.41) is 0. The van der Waals surface area contributed by atoms with Gasteiger partial charge in [-0.05, 0) is 17.7 Å². The van der Waals surface area contributed by atoms with Gasteiger partial charge in [-0.1, -0.05) is 42.5 Å². The fourth-order valence-electron chi connectivity index (χ4n) is 4.17. The van der Waals surface area contributed by atoms with E-state index in [0.717, 1.165) is 5.56 Å². The van der Waals surface area contributed by atoms with E-state index in [9.17, 15) is 18.0 Å². The second-order valence-electron chi connectivity index (χ2n) is 7.65. The molecule has 0 aliphatic carbocycles. The third-order valence-corrected chi connectivity index (χ3v) is 5.70. The Hall–Kier alpha value is -2.54. The van der Waals surface area contributed by atoms with E-state index in [-0.39, 0.29) is 24.7 Å². The normalized spacial score (nSPS) is 20.7. The van der Waals surface area contributed by atoms with Crippen LogP contribution in [0.2, 0.25) is 0 Å². The van der Waals surface area contributed by atoms with Crippen LogP contribution in [0.5, 0.6) is 0 Å². The van der Waals surface area contributed by atoms with E-state index < -0.39 is 18.5 Å². The van der Waals surface area contributed by atoms with Crippen LogP contribution >= 0.6 is 0 Å². The topological polar surface area (TPSA) is 26.8 Å². The number of halogens is 3. The lowest BCUT2D eigenvalue weighted by atomic mass is 10.0. The molecule has 1 atom stereocenters. The quantitative estimate of drug-likeness (QED) is 0.781. The summed E-state index contributed by atoms with van der Waals surface area (Å²) in [7, 11) is 0. The maximum absolute atomic E-state index is 14.1. The van der Waals surface area contributed by atoms with Crippen LogP contribution in [0.15, 0.2) is 54.6 Å². The summed E-state index contributed by atoms with van der Waals surface area (Å²) in [5.41, 5.74) is 1.35. The molecular weight excluding hydrogens is 379 g/mol. The number of alkyl halides is 2. The van der Waals surface area contributed by atoms with E-state index >= 15 is 0 Å². The first-order valence-corrected chi connectivity index (χ1v) is 9.90. The number of nitrogens with zero attached hydrogens (tertiary/aromatic N) is 3. The molecule has 0 spiro atoms. The molecule has 2 saturated heterocycles. The number of para-hydroxylation sites is 1. The van der Waals surface area contributed by atoms with Crippen LogP contribution in [0, 0.1) is 5.82 Å². The van der Waals surface area contributed by atoms with Crippen LogP contribution in [0.4, 0.5) is 18.9 Å². The highest BCUT2D eigenvalue weighted by Crippen LogP contribution is 2.32. The Morgan fingerprint density at radius 1 is 0.897 bits per heavy atom. The molecule has 2 aliphatic rings. The average Bonchev–Trinajstić information content (AvgIpc) is 3.10. The van der Waals surface area contributed by atoms with Gasteiger partial charge in [-0.2, -0.15) is 0 Å². The van der Waals surface area contributed by atoms with Crippen molar-refractivity contribution in [3.05, 3.63) is 66.0 Å². The van der Waals surface area contributed by atoms with Crippen LogP contribution in [-0.4, -0.2) is 60.9 Å². The minimum Gasteiger partial charge on any atom is -0.367 e. The molecular formula is C22H24F3N3O. The van der Waals surface area contributed by atoms with Crippen LogP contribution in [0.1, 0.15) is 18.0 Å². The number of carbonyl (C=O) groups is 1. The third-order valence-electron chi connectivity index (χ3n) is 5.70. The Bertz CT molecular complexity index is 853. The Labute approximate surface area is 168 Å². The molecule has 2 fully saturated rings. The van der Waals surface area contributed by atoms with E-state index in [1.165, 1.54) is 11.0 Å². The van der Waals surface area contributed by atoms with E-state index in [2.05, 4.69) is 0 Å². The number of carbonyl (C=O) groups excluding carboxylic acids is 1. The lowest BCUT2D eigenvalue weighted by Gasteiger charge is -2.40. The highest BCUT2D eigenvalue weighted by atomic mass is 19.3.